The van der Waals surface area contributed by atoms with Crippen molar-refractivity contribution in [3.05, 3.63) is 58.4 Å². The molecular weight excluding hydrogens is 198 g/mol. The van der Waals surface area contributed by atoms with Crippen molar-refractivity contribution in [1.82, 2.24) is 4.98 Å². The largest absolute Gasteiger partial charge is 0.361 e. The van der Waals surface area contributed by atoms with Crippen molar-refractivity contribution in [1.29, 1.82) is 0 Å². The summed E-state index contributed by atoms with van der Waals surface area (Å²) in [4.78, 5) is 15.1. The van der Waals surface area contributed by atoms with E-state index in [1.165, 1.54) is 0 Å². The molecule has 2 nitrogen and oxygen atoms in total. The zero-order valence-corrected chi connectivity index (χ0v) is 8.95. The SMILES string of the molecule is Cc1ccc(=O)c2c1ccc1ccc[nH]c12. The summed E-state index contributed by atoms with van der Waals surface area (Å²) in [5, 5.41) is 2.89. The summed E-state index contributed by atoms with van der Waals surface area (Å²) < 4.78 is 0. The Labute approximate surface area is 92.5 Å². The minimum absolute atomic E-state index is 0.0775. The van der Waals surface area contributed by atoms with E-state index in [0.717, 1.165) is 27.2 Å². The zero-order chi connectivity index (χ0) is 11.1. The predicted octanol–water partition coefficient (Wildman–Crippen LogP) is 2.99. The summed E-state index contributed by atoms with van der Waals surface area (Å²) in [5.74, 6) is 0. The van der Waals surface area contributed by atoms with Gasteiger partial charge in [0.15, 0.2) is 5.43 Å². The molecule has 0 unspecified atom stereocenters. The molecule has 1 heterocycles. The highest BCUT2D eigenvalue weighted by molar-refractivity contribution is 6.05. The molecule has 3 rings (SSSR count). The van der Waals surface area contributed by atoms with Crippen LogP contribution >= 0.6 is 0 Å². The van der Waals surface area contributed by atoms with Crippen LogP contribution in [0.15, 0.2) is 47.4 Å². The molecule has 2 heteroatoms. The molecule has 3 aromatic rings. The van der Waals surface area contributed by atoms with Crippen LogP contribution in [0.2, 0.25) is 0 Å². The third kappa shape index (κ3) is 1.16. The highest BCUT2D eigenvalue weighted by Crippen LogP contribution is 2.22. The molecule has 0 aliphatic carbocycles. The van der Waals surface area contributed by atoms with Crippen LogP contribution in [0.25, 0.3) is 21.7 Å². The van der Waals surface area contributed by atoms with E-state index in [4.69, 9.17) is 0 Å². The number of hydrogen-bond acceptors (Lipinski definition) is 1. The van der Waals surface area contributed by atoms with Gasteiger partial charge in [-0.15, -0.1) is 0 Å². The minimum Gasteiger partial charge on any atom is -0.361 e. The van der Waals surface area contributed by atoms with E-state index in [1.807, 2.05) is 43.5 Å². The molecule has 0 fully saturated rings. The summed E-state index contributed by atoms with van der Waals surface area (Å²) in [6.45, 7) is 2.02. The highest BCUT2D eigenvalue weighted by atomic mass is 16.1. The summed E-state index contributed by atoms with van der Waals surface area (Å²) >= 11 is 0. The Morgan fingerprint density at radius 3 is 2.81 bits per heavy atom. The number of hydrogen-bond donors (Lipinski definition) is 1. The molecule has 0 saturated heterocycles. The summed E-state index contributed by atoms with van der Waals surface area (Å²) in [6.07, 6.45) is 1.85. The smallest absolute Gasteiger partial charge is 0.188 e. The van der Waals surface area contributed by atoms with Crippen LogP contribution in [0.3, 0.4) is 0 Å². The van der Waals surface area contributed by atoms with Crippen molar-refractivity contribution < 1.29 is 0 Å². The van der Waals surface area contributed by atoms with Gasteiger partial charge >= 0.3 is 0 Å². The van der Waals surface area contributed by atoms with Crippen molar-refractivity contribution in [2.24, 2.45) is 0 Å². The van der Waals surface area contributed by atoms with Gasteiger partial charge in [-0.1, -0.05) is 24.3 Å². The van der Waals surface area contributed by atoms with Crippen molar-refractivity contribution in [2.45, 2.75) is 6.92 Å². The fourth-order valence-electron chi connectivity index (χ4n) is 2.15. The Morgan fingerprint density at radius 1 is 1.06 bits per heavy atom. The third-order valence-corrected chi connectivity index (χ3v) is 2.99. The van der Waals surface area contributed by atoms with E-state index in [1.54, 1.807) is 6.07 Å². The summed E-state index contributed by atoms with van der Waals surface area (Å²) in [6, 6.07) is 11.5. The molecule has 0 saturated carbocycles. The molecule has 1 N–H and O–H groups in total. The van der Waals surface area contributed by atoms with Gasteiger partial charge in [-0.05, 0) is 35.4 Å². The molecule has 1 aromatic heterocycles. The maximum absolute atomic E-state index is 11.9. The first-order chi connectivity index (χ1) is 7.77. The lowest BCUT2D eigenvalue weighted by Gasteiger charge is -2.04. The van der Waals surface area contributed by atoms with Crippen LogP contribution in [-0.2, 0) is 0 Å². The quantitative estimate of drug-likeness (QED) is 0.567. The minimum atomic E-state index is 0.0775. The molecule has 0 aliphatic heterocycles. The van der Waals surface area contributed by atoms with E-state index in [0.29, 0.717) is 0 Å². The van der Waals surface area contributed by atoms with Gasteiger partial charge < -0.3 is 4.98 Å². The van der Waals surface area contributed by atoms with E-state index < -0.39 is 0 Å². The molecule has 0 radical (unpaired) electrons. The van der Waals surface area contributed by atoms with Crippen molar-refractivity contribution >= 4 is 21.7 Å². The average molecular weight is 209 g/mol. The summed E-state index contributed by atoms with van der Waals surface area (Å²) in [5.41, 5.74) is 2.14. The van der Waals surface area contributed by atoms with Gasteiger partial charge in [0.25, 0.3) is 0 Å². The number of pyridine rings is 1. The maximum Gasteiger partial charge on any atom is 0.188 e. The second-order valence-corrected chi connectivity index (χ2v) is 4.00. The normalized spacial score (nSPS) is 11.1. The lowest BCUT2D eigenvalue weighted by atomic mass is 10.0. The molecule has 16 heavy (non-hydrogen) atoms. The average Bonchev–Trinajstić information content (AvgIpc) is 2.33. The van der Waals surface area contributed by atoms with Crippen molar-refractivity contribution in [3.8, 4) is 0 Å². The Kier molecular flexibility index (Phi) is 1.83. The Hall–Kier alpha value is -2.09. The van der Waals surface area contributed by atoms with Crippen molar-refractivity contribution in [3.63, 3.8) is 0 Å². The molecule has 0 spiro atoms. The number of benzene rings is 2. The lowest BCUT2D eigenvalue weighted by Crippen LogP contribution is -2.01. The summed E-state index contributed by atoms with van der Waals surface area (Å²) in [7, 11) is 0. The number of rotatable bonds is 0. The second kappa shape index (κ2) is 3.20. The molecule has 78 valence electrons. The maximum atomic E-state index is 11.9. The van der Waals surface area contributed by atoms with Gasteiger partial charge in [0.1, 0.15) is 0 Å². The van der Waals surface area contributed by atoms with Crippen LogP contribution in [0.1, 0.15) is 5.56 Å². The fourth-order valence-corrected chi connectivity index (χ4v) is 2.15. The van der Waals surface area contributed by atoms with E-state index in [9.17, 15) is 4.79 Å². The first-order valence-corrected chi connectivity index (χ1v) is 5.27. The van der Waals surface area contributed by atoms with Gasteiger partial charge in [0, 0.05) is 6.20 Å². The number of aryl methyl sites for hydroxylation is 1. The number of fused-ring (bicyclic) bond motifs is 3. The monoisotopic (exact) mass is 209 g/mol. The number of aromatic amines is 1. The van der Waals surface area contributed by atoms with Crippen LogP contribution < -0.4 is 5.43 Å². The van der Waals surface area contributed by atoms with Crippen LogP contribution in [0.4, 0.5) is 0 Å². The molecule has 0 atom stereocenters. The highest BCUT2D eigenvalue weighted by Gasteiger charge is 2.05. The van der Waals surface area contributed by atoms with Gasteiger partial charge in [-0.3, -0.25) is 4.79 Å². The van der Waals surface area contributed by atoms with Gasteiger partial charge in [0.2, 0.25) is 0 Å². The second-order valence-electron chi connectivity index (χ2n) is 4.00. The predicted molar refractivity (Wildman–Crippen MR) is 66.8 cm³/mol. The topological polar surface area (TPSA) is 32.9 Å². The number of aromatic nitrogens is 1. The molecule has 0 amide bonds. The first-order valence-electron chi connectivity index (χ1n) is 5.27. The Balaban J connectivity index is 2.70. The van der Waals surface area contributed by atoms with Crippen LogP contribution in [-0.4, -0.2) is 4.98 Å². The Morgan fingerprint density at radius 2 is 1.94 bits per heavy atom. The fraction of sp³-hybridized carbons (Fsp3) is 0.0714. The molecule has 2 aromatic carbocycles. The van der Waals surface area contributed by atoms with E-state index in [2.05, 4.69) is 4.98 Å². The van der Waals surface area contributed by atoms with Gasteiger partial charge in [-0.25, -0.2) is 0 Å². The zero-order valence-electron chi connectivity index (χ0n) is 8.95. The van der Waals surface area contributed by atoms with Crippen molar-refractivity contribution in [2.75, 3.05) is 0 Å². The standard InChI is InChI=1S/C14H11NO/c1-9-4-7-12(16)13-11(9)6-5-10-3-2-8-15-14(10)13/h2-8,15H,1H3. The van der Waals surface area contributed by atoms with Crippen LogP contribution in [0, 0.1) is 6.92 Å². The Bertz CT molecular complexity index is 740. The third-order valence-electron chi connectivity index (χ3n) is 2.99. The van der Waals surface area contributed by atoms with Gasteiger partial charge in [-0.2, -0.15) is 0 Å². The number of H-pyrrole nitrogens is 1. The molecular formula is C14H11NO. The first kappa shape index (κ1) is 9.16. The lowest BCUT2D eigenvalue weighted by molar-refractivity contribution is 1.42. The molecule has 0 aliphatic rings. The van der Waals surface area contributed by atoms with E-state index in [-0.39, 0.29) is 5.43 Å². The molecule has 0 bridgehead atoms. The van der Waals surface area contributed by atoms with Crippen LogP contribution in [0.5, 0.6) is 0 Å². The van der Waals surface area contributed by atoms with Gasteiger partial charge in [0.05, 0.1) is 10.9 Å². The van der Waals surface area contributed by atoms with E-state index >= 15 is 0 Å². The number of nitrogens with one attached hydrogen (secondary N) is 1.